The Morgan fingerprint density at radius 1 is 1.20 bits per heavy atom. The van der Waals surface area contributed by atoms with Gasteiger partial charge in [-0.2, -0.15) is 0 Å². The summed E-state index contributed by atoms with van der Waals surface area (Å²) in [6, 6.07) is 8.42. The van der Waals surface area contributed by atoms with Gasteiger partial charge in [0.25, 0.3) is 0 Å². The van der Waals surface area contributed by atoms with E-state index < -0.39 is 0 Å². The summed E-state index contributed by atoms with van der Waals surface area (Å²) >= 11 is 3.44. The molecular formula is C16H23BrN2O. The number of rotatable bonds is 4. The van der Waals surface area contributed by atoms with Gasteiger partial charge in [-0.15, -0.1) is 0 Å². The first-order chi connectivity index (χ1) is 9.66. The lowest BCUT2D eigenvalue weighted by atomic mass is 10.1. The highest BCUT2D eigenvalue weighted by molar-refractivity contribution is 9.10. The van der Waals surface area contributed by atoms with Crippen LogP contribution in [0.2, 0.25) is 0 Å². The molecule has 1 heterocycles. The smallest absolute Gasteiger partial charge is 0.236 e. The van der Waals surface area contributed by atoms with E-state index in [9.17, 15) is 4.79 Å². The van der Waals surface area contributed by atoms with Crippen molar-refractivity contribution in [2.75, 3.05) is 19.6 Å². The first-order valence-electron chi connectivity index (χ1n) is 7.43. The number of halogens is 1. The van der Waals surface area contributed by atoms with E-state index in [2.05, 4.69) is 40.3 Å². The van der Waals surface area contributed by atoms with Crippen molar-refractivity contribution < 1.29 is 4.79 Å². The van der Waals surface area contributed by atoms with Gasteiger partial charge in [0, 0.05) is 23.6 Å². The van der Waals surface area contributed by atoms with E-state index in [4.69, 9.17) is 0 Å². The highest BCUT2D eigenvalue weighted by Crippen LogP contribution is 2.16. The van der Waals surface area contributed by atoms with E-state index in [0.717, 1.165) is 30.4 Å². The van der Waals surface area contributed by atoms with Crippen molar-refractivity contribution in [2.24, 2.45) is 0 Å². The monoisotopic (exact) mass is 338 g/mol. The van der Waals surface area contributed by atoms with Gasteiger partial charge in [-0.1, -0.05) is 40.9 Å². The zero-order valence-electron chi connectivity index (χ0n) is 12.1. The molecule has 1 N–H and O–H groups in total. The zero-order chi connectivity index (χ0) is 14.4. The summed E-state index contributed by atoms with van der Waals surface area (Å²) in [6.45, 7) is 4.37. The van der Waals surface area contributed by atoms with Gasteiger partial charge in [-0.3, -0.25) is 4.79 Å². The van der Waals surface area contributed by atoms with Gasteiger partial charge >= 0.3 is 0 Å². The van der Waals surface area contributed by atoms with Gasteiger partial charge in [0.2, 0.25) is 5.91 Å². The second-order valence-corrected chi connectivity index (χ2v) is 6.36. The number of carbonyl (C=O) groups is 1. The molecule has 3 nitrogen and oxygen atoms in total. The maximum Gasteiger partial charge on any atom is 0.236 e. The van der Waals surface area contributed by atoms with Crippen LogP contribution in [-0.4, -0.2) is 30.4 Å². The molecule has 0 radical (unpaired) electrons. The Morgan fingerprint density at radius 2 is 1.80 bits per heavy atom. The molecule has 0 spiro atoms. The Labute approximate surface area is 129 Å². The lowest BCUT2D eigenvalue weighted by Gasteiger charge is -2.22. The van der Waals surface area contributed by atoms with Gasteiger partial charge < -0.3 is 10.2 Å². The van der Waals surface area contributed by atoms with Crippen LogP contribution in [0, 0.1) is 0 Å². The minimum absolute atomic E-state index is 0.194. The van der Waals surface area contributed by atoms with E-state index in [1.54, 1.807) is 0 Å². The van der Waals surface area contributed by atoms with Crippen LogP contribution in [0.1, 0.15) is 44.2 Å². The maximum absolute atomic E-state index is 12.2. The van der Waals surface area contributed by atoms with Crippen LogP contribution in [0.25, 0.3) is 0 Å². The van der Waals surface area contributed by atoms with Crippen molar-refractivity contribution in [3.63, 3.8) is 0 Å². The summed E-state index contributed by atoms with van der Waals surface area (Å²) in [6.07, 6.45) is 4.81. The molecule has 0 aliphatic carbocycles. The minimum Gasteiger partial charge on any atom is -0.342 e. The van der Waals surface area contributed by atoms with Gasteiger partial charge in [0.1, 0.15) is 0 Å². The van der Waals surface area contributed by atoms with Gasteiger partial charge in [0.15, 0.2) is 0 Å². The zero-order valence-corrected chi connectivity index (χ0v) is 13.7. The molecule has 1 aromatic carbocycles. The first-order valence-corrected chi connectivity index (χ1v) is 8.23. The normalized spacial score (nSPS) is 17.6. The molecule has 1 aliphatic heterocycles. The second-order valence-electron chi connectivity index (χ2n) is 5.45. The molecule has 1 amide bonds. The lowest BCUT2D eigenvalue weighted by molar-refractivity contribution is -0.130. The van der Waals surface area contributed by atoms with Gasteiger partial charge in [0.05, 0.1) is 6.54 Å². The highest BCUT2D eigenvalue weighted by Gasteiger charge is 2.16. The Morgan fingerprint density at radius 3 is 2.40 bits per heavy atom. The van der Waals surface area contributed by atoms with Gasteiger partial charge in [-0.25, -0.2) is 0 Å². The van der Waals surface area contributed by atoms with Crippen LogP contribution < -0.4 is 5.32 Å². The number of hydrogen-bond acceptors (Lipinski definition) is 2. The van der Waals surface area contributed by atoms with Crippen molar-refractivity contribution >= 4 is 21.8 Å². The summed E-state index contributed by atoms with van der Waals surface area (Å²) < 4.78 is 1.08. The van der Waals surface area contributed by atoms with E-state index in [-0.39, 0.29) is 11.9 Å². The van der Waals surface area contributed by atoms with Crippen LogP contribution >= 0.6 is 15.9 Å². The molecular weight excluding hydrogens is 316 g/mol. The SMILES string of the molecule is CC(NCC(=O)N1CCCCCC1)c1ccc(Br)cc1. The number of benzene rings is 1. The van der Waals surface area contributed by atoms with Crippen LogP contribution in [0.15, 0.2) is 28.7 Å². The third-order valence-electron chi connectivity index (χ3n) is 3.89. The Kier molecular flexibility index (Phi) is 6.05. The predicted molar refractivity (Wildman–Crippen MR) is 85.6 cm³/mol. The van der Waals surface area contributed by atoms with Crippen molar-refractivity contribution in [3.8, 4) is 0 Å². The van der Waals surface area contributed by atoms with Crippen molar-refractivity contribution in [1.82, 2.24) is 10.2 Å². The molecule has 2 rings (SSSR count). The predicted octanol–water partition coefficient (Wildman–Crippen LogP) is 3.50. The topological polar surface area (TPSA) is 32.3 Å². The molecule has 1 fully saturated rings. The molecule has 1 aliphatic rings. The van der Waals surface area contributed by atoms with Crippen LogP contribution in [0.4, 0.5) is 0 Å². The van der Waals surface area contributed by atoms with Gasteiger partial charge in [-0.05, 0) is 37.5 Å². The summed E-state index contributed by atoms with van der Waals surface area (Å²) in [4.78, 5) is 14.2. The number of carbonyl (C=O) groups excluding carboxylic acids is 1. The molecule has 0 aromatic heterocycles. The Bertz CT molecular complexity index is 425. The quantitative estimate of drug-likeness (QED) is 0.911. The average molecular weight is 339 g/mol. The van der Waals surface area contributed by atoms with Crippen molar-refractivity contribution in [3.05, 3.63) is 34.3 Å². The molecule has 1 atom stereocenters. The number of amides is 1. The molecule has 0 bridgehead atoms. The van der Waals surface area contributed by atoms with E-state index in [1.165, 1.54) is 18.4 Å². The summed E-state index contributed by atoms with van der Waals surface area (Å²) in [5, 5.41) is 3.33. The third kappa shape index (κ3) is 4.60. The third-order valence-corrected chi connectivity index (χ3v) is 4.42. The first kappa shape index (κ1) is 15.5. The summed E-state index contributed by atoms with van der Waals surface area (Å²) in [5.41, 5.74) is 1.21. The molecule has 1 unspecified atom stereocenters. The number of nitrogens with zero attached hydrogens (tertiary/aromatic N) is 1. The number of hydrogen-bond donors (Lipinski definition) is 1. The van der Waals surface area contributed by atoms with E-state index in [1.807, 2.05) is 17.0 Å². The number of likely N-dealkylation sites (tertiary alicyclic amines) is 1. The molecule has 4 heteroatoms. The summed E-state index contributed by atoms with van der Waals surface area (Å²) in [5.74, 6) is 0.232. The van der Waals surface area contributed by atoms with E-state index in [0.29, 0.717) is 6.54 Å². The lowest BCUT2D eigenvalue weighted by Crippen LogP contribution is -2.39. The number of nitrogens with one attached hydrogen (secondary N) is 1. The molecule has 0 saturated carbocycles. The fourth-order valence-electron chi connectivity index (χ4n) is 2.54. The Hall–Kier alpha value is -0.870. The Balaban J connectivity index is 1.81. The van der Waals surface area contributed by atoms with E-state index >= 15 is 0 Å². The fraction of sp³-hybridized carbons (Fsp3) is 0.562. The van der Waals surface area contributed by atoms with Crippen LogP contribution in [-0.2, 0) is 4.79 Å². The molecule has 1 saturated heterocycles. The minimum atomic E-state index is 0.194. The summed E-state index contributed by atoms with van der Waals surface area (Å²) in [7, 11) is 0. The standard InChI is InChI=1S/C16H23BrN2O/c1-13(14-6-8-15(17)9-7-14)18-12-16(20)19-10-4-2-3-5-11-19/h6-9,13,18H,2-5,10-12H2,1H3. The largest absolute Gasteiger partial charge is 0.342 e. The second kappa shape index (κ2) is 7.79. The average Bonchev–Trinajstić information content (AvgIpc) is 2.74. The fourth-order valence-corrected chi connectivity index (χ4v) is 2.81. The van der Waals surface area contributed by atoms with Crippen molar-refractivity contribution in [2.45, 2.75) is 38.6 Å². The molecule has 110 valence electrons. The van der Waals surface area contributed by atoms with Crippen LogP contribution in [0.5, 0.6) is 0 Å². The highest BCUT2D eigenvalue weighted by atomic mass is 79.9. The molecule has 1 aromatic rings. The molecule has 20 heavy (non-hydrogen) atoms. The van der Waals surface area contributed by atoms with Crippen LogP contribution in [0.3, 0.4) is 0 Å². The van der Waals surface area contributed by atoms with Crippen molar-refractivity contribution in [1.29, 1.82) is 0 Å². The maximum atomic E-state index is 12.2.